The van der Waals surface area contributed by atoms with Crippen molar-refractivity contribution in [2.75, 3.05) is 0 Å². The van der Waals surface area contributed by atoms with Gasteiger partial charge in [0.2, 0.25) is 0 Å². The lowest BCUT2D eigenvalue weighted by Gasteiger charge is -1.82. The molecule has 0 aromatic rings. The highest BCUT2D eigenvalue weighted by molar-refractivity contribution is 5.92. The van der Waals surface area contributed by atoms with Crippen LogP contribution >= 0.6 is 0 Å². The highest BCUT2D eigenvalue weighted by Gasteiger charge is 1.73. The highest BCUT2D eigenvalue weighted by atomic mass is 14.7. The number of hydrogen-bond donors (Lipinski definition) is 0. The van der Waals surface area contributed by atoms with Gasteiger partial charge in [-0.25, -0.2) is 0 Å². The van der Waals surface area contributed by atoms with Gasteiger partial charge in [0.15, 0.2) is 0 Å². The van der Waals surface area contributed by atoms with Gasteiger partial charge in [0.25, 0.3) is 0 Å². The predicted molar refractivity (Wildman–Crippen MR) is 60.8 cm³/mol. The van der Waals surface area contributed by atoms with E-state index in [9.17, 15) is 0 Å². The fraction of sp³-hybridized carbons (Fsp3) is 0.545. The van der Waals surface area contributed by atoms with Crippen LogP contribution in [-0.4, -0.2) is 5.71 Å². The zero-order valence-electron chi connectivity index (χ0n) is 9.39. The van der Waals surface area contributed by atoms with E-state index in [1.165, 1.54) is 6.20 Å². The van der Waals surface area contributed by atoms with Crippen LogP contribution in [0, 0.1) is 0 Å². The van der Waals surface area contributed by atoms with Gasteiger partial charge in [-0.05, 0) is 19.9 Å². The van der Waals surface area contributed by atoms with Crippen molar-refractivity contribution in [1.29, 1.82) is 0 Å². The summed E-state index contributed by atoms with van der Waals surface area (Å²) in [5, 5.41) is 0. The van der Waals surface area contributed by atoms with E-state index in [2.05, 4.69) is 11.6 Å². The maximum absolute atomic E-state index is 3.91. The van der Waals surface area contributed by atoms with E-state index in [-0.39, 0.29) is 0 Å². The molecule has 1 nitrogen and oxygen atoms in total. The monoisotopic (exact) mass is 169 g/mol. The maximum Gasteiger partial charge on any atom is 0.0369 e. The first-order valence-corrected chi connectivity index (χ1v) is 4.59. The van der Waals surface area contributed by atoms with Crippen molar-refractivity contribution in [3.05, 3.63) is 24.9 Å². The molecule has 0 aliphatic rings. The van der Waals surface area contributed by atoms with Crippen LogP contribution in [-0.2, 0) is 0 Å². The molecule has 0 aliphatic carbocycles. The first-order chi connectivity index (χ1) is 5.81. The van der Waals surface area contributed by atoms with Gasteiger partial charge in [0.05, 0.1) is 0 Å². The molecule has 0 spiro atoms. The lowest BCUT2D eigenvalue weighted by molar-refractivity contribution is 1.50. The summed E-state index contributed by atoms with van der Waals surface area (Å²) in [6, 6.07) is 0. The summed E-state index contributed by atoms with van der Waals surface area (Å²) in [5.41, 5.74) is 0.988. The molecule has 0 aromatic heterocycles. The third-order valence-corrected chi connectivity index (χ3v) is 0.703. The average molecular weight is 169 g/mol. The fourth-order valence-corrected chi connectivity index (χ4v) is 0.428. The number of aliphatic imine (C=N–C) groups is 1. The minimum Gasteiger partial charge on any atom is -0.262 e. The second-order valence-corrected chi connectivity index (χ2v) is 1.45. The van der Waals surface area contributed by atoms with Gasteiger partial charge in [0.1, 0.15) is 0 Å². The molecular formula is C11H23N. The SMILES string of the molecule is C=CN=C(C)/C=C\C.CC.CC. The summed E-state index contributed by atoms with van der Waals surface area (Å²) >= 11 is 0. The molecule has 0 amide bonds. The van der Waals surface area contributed by atoms with Gasteiger partial charge in [-0.1, -0.05) is 40.3 Å². The molecule has 0 radical (unpaired) electrons. The molecule has 12 heavy (non-hydrogen) atoms. The zero-order chi connectivity index (χ0) is 10.4. The van der Waals surface area contributed by atoms with Crippen molar-refractivity contribution >= 4 is 5.71 Å². The van der Waals surface area contributed by atoms with Gasteiger partial charge >= 0.3 is 0 Å². The normalized spacial score (nSPS) is 9.33. The Labute approximate surface area is 77.9 Å². The number of allylic oxidation sites excluding steroid dienone is 2. The molecule has 0 atom stereocenters. The van der Waals surface area contributed by atoms with Gasteiger partial charge in [-0.2, -0.15) is 0 Å². The van der Waals surface area contributed by atoms with Crippen molar-refractivity contribution in [2.24, 2.45) is 4.99 Å². The number of hydrogen-bond acceptors (Lipinski definition) is 1. The summed E-state index contributed by atoms with van der Waals surface area (Å²) in [7, 11) is 0. The van der Waals surface area contributed by atoms with Crippen LogP contribution in [0.3, 0.4) is 0 Å². The van der Waals surface area contributed by atoms with Gasteiger partial charge in [-0.15, -0.1) is 0 Å². The minimum atomic E-state index is 0.988. The number of nitrogens with zero attached hydrogens (tertiary/aromatic N) is 1. The molecule has 0 bridgehead atoms. The number of rotatable bonds is 2. The van der Waals surface area contributed by atoms with Crippen molar-refractivity contribution in [3.8, 4) is 0 Å². The fourth-order valence-electron chi connectivity index (χ4n) is 0.428. The van der Waals surface area contributed by atoms with Crippen LogP contribution in [0.2, 0.25) is 0 Å². The van der Waals surface area contributed by atoms with Crippen LogP contribution in [0.15, 0.2) is 29.9 Å². The highest BCUT2D eigenvalue weighted by Crippen LogP contribution is 1.79. The molecule has 0 rings (SSSR count). The Bertz CT molecular complexity index is 121. The van der Waals surface area contributed by atoms with Crippen molar-refractivity contribution < 1.29 is 0 Å². The standard InChI is InChI=1S/C7H11N.2C2H6/c1-4-6-7(3)8-5-2;2*1-2/h4-6H,2H2,1,3H3;2*1-2H3/b6-4-,8-7?;;. The van der Waals surface area contributed by atoms with E-state index in [4.69, 9.17) is 0 Å². The largest absolute Gasteiger partial charge is 0.262 e. The molecule has 0 fully saturated rings. The second-order valence-electron chi connectivity index (χ2n) is 1.45. The Morgan fingerprint density at radius 3 is 1.83 bits per heavy atom. The molecule has 1 heteroatoms. The molecule has 0 unspecified atom stereocenters. The van der Waals surface area contributed by atoms with Crippen LogP contribution in [0.25, 0.3) is 0 Å². The smallest absolute Gasteiger partial charge is 0.0369 e. The van der Waals surface area contributed by atoms with Gasteiger partial charge in [0, 0.05) is 11.9 Å². The van der Waals surface area contributed by atoms with E-state index in [0.29, 0.717) is 0 Å². The molecule has 0 saturated heterocycles. The first-order valence-electron chi connectivity index (χ1n) is 4.59. The van der Waals surface area contributed by atoms with E-state index in [1.807, 2.05) is 53.7 Å². The summed E-state index contributed by atoms with van der Waals surface area (Å²) in [6.45, 7) is 15.4. The summed E-state index contributed by atoms with van der Waals surface area (Å²) in [5.74, 6) is 0. The van der Waals surface area contributed by atoms with Crippen molar-refractivity contribution in [3.63, 3.8) is 0 Å². The average Bonchev–Trinajstić information content (AvgIpc) is 2.12. The van der Waals surface area contributed by atoms with Crippen molar-refractivity contribution in [1.82, 2.24) is 0 Å². The van der Waals surface area contributed by atoms with Crippen LogP contribution < -0.4 is 0 Å². The molecule has 72 valence electrons. The molecule has 0 aliphatic heterocycles. The van der Waals surface area contributed by atoms with Gasteiger partial charge < -0.3 is 0 Å². The van der Waals surface area contributed by atoms with E-state index >= 15 is 0 Å². The third kappa shape index (κ3) is 22.9. The Balaban J connectivity index is -0.000000175. The molecule has 0 N–H and O–H groups in total. The van der Waals surface area contributed by atoms with Gasteiger partial charge in [-0.3, -0.25) is 4.99 Å². The molecule has 0 saturated carbocycles. The zero-order valence-corrected chi connectivity index (χ0v) is 9.39. The first kappa shape index (κ1) is 17.3. The van der Waals surface area contributed by atoms with E-state index in [0.717, 1.165) is 5.71 Å². The Hall–Kier alpha value is -0.850. The second kappa shape index (κ2) is 22.5. The Kier molecular flexibility index (Phi) is 32.4. The molecular weight excluding hydrogens is 146 g/mol. The predicted octanol–water partition coefficient (Wildman–Crippen LogP) is 4.22. The lowest BCUT2D eigenvalue weighted by Crippen LogP contribution is -1.79. The Morgan fingerprint density at radius 2 is 1.58 bits per heavy atom. The van der Waals surface area contributed by atoms with E-state index in [1.54, 1.807) is 0 Å². The maximum atomic E-state index is 3.91. The van der Waals surface area contributed by atoms with Crippen LogP contribution in [0.1, 0.15) is 41.5 Å². The van der Waals surface area contributed by atoms with E-state index < -0.39 is 0 Å². The topological polar surface area (TPSA) is 12.4 Å². The molecule has 0 aromatic carbocycles. The summed E-state index contributed by atoms with van der Waals surface area (Å²) < 4.78 is 0. The third-order valence-electron chi connectivity index (χ3n) is 0.703. The quantitative estimate of drug-likeness (QED) is 0.549. The van der Waals surface area contributed by atoms with Crippen LogP contribution in [0.5, 0.6) is 0 Å². The Morgan fingerprint density at radius 1 is 1.17 bits per heavy atom. The summed E-state index contributed by atoms with van der Waals surface area (Å²) in [4.78, 5) is 3.91. The summed E-state index contributed by atoms with van der Waals surface area (Å²) in [6.07, 6.45) is 5.42. The lowest BCUT2D eigenvalue weighted by atomic mass is 10.4. The molecule has 0 heterocycles. The van der Waals surface area contributed by atoms with Crippen LogP contribution in [0.4, 0.5) is 0 Å². The minimum absolute atomic E-state index is 0.988. The van der Waals surface area contributed by atoms with Crippen molar-refractivity contribution in [2.45, 2.75) is 41.5 Å².